The largest absolute Gasteiger partial charge is 0.497 e. The summed E-state index contributed by atoms with van der Waals surface area (Å²) in [5.41, 5.74) is 4.41. The Kier molecular flexibility index (Phi) is 4.88. The molecule has 166 valence electrons. The van der Waals surface area contributed by atoms with Crippen molar-refractivity contribution in [2.75, 3.05) is 7.11 Å². The van der Waals surface area contributed by atoms with Crippen LogP contribution < -0.4 is 15.0 Å². The van der Waals surface area contributed by atoms with Gasteiger partial charge in [-0.15, -0.1) is 0 Å². The third-order valence-electron chi connectivity index (χ3n) is 6.45. The van der Waals surface area contributed by atoms with Gasteiger partial charge in [-0.05, 0) is 40.1 Å². The van der Waals surface area contributed by atoms with Crippen LogP contribution >= 0.6 is 0 Å². The maximum absolute atomic E-state index is 9.20. The van der Waals surface area contributed by atoms with Crippen molar-refractivity contribution in [3.63, 3.8) is 0 Å². The summed E-state index contributed by atoms with van der Waals surface area (Å²) in [5.74, 6) is 1.86. The van der Waals surface area contributed by atoms with Crippen molar-refractivity contribution in [2.45, 2.75) is 12.5 Å². The van der Waals surface area contributed by atoms with Gasteiger partial charge in [-0.25, -0.2) is 4.98 Å². The number of hydrogen-bond donors (Lipinski definition) is 1. The zero-order valence-electron chi connectivity index (χ0n) is 18.7. The van der Waals surface area contributed by atoms with Crippen molar-refractivity contribution in [3.8, 4) is 17.4 Å². The van der Waals surface area contributed by atoms with E-state index in [0.717, 1.165) is 44.5 Å². The summed E-state index contributed by atoms with van der Waals surface area (Å²) in [5, 5.41) is 11.5. The van der Waals surface area contributed by atoms with Crippen LogP contribution in [0, 0.1) is 5.41 Å². The Morgan fingerprint density at radius 2 is 1.65 bits per heavy atom. The zero-order valence-corrected chi connectivity index (χ0v) is 18.7. The van der Waals surface area contributed by atoms with Gasteiger partial charge in [0.1, 0.15) is 23.3 Å². The number of fused-ring (bicyclic) bond motifs is 4. The SMILES string of the molecule is COc1ccc(C2c3c(ncn(Cc4ccccc4)c3=N)Oc3ccc4ccccc4c32)cc1. The zero-order chi connectivity index (χ0) is 23.1. The molecule has 5 heteroatoms. The van der Waals surface area contributed by atoms with Crippen molar-refractivity contribution in [2.24, 2.45) is 0 Å². The van der Waals surface area contributed by atoms with Crippen LogP contribution in [-0.4, -0.2) is 16.7 Å². The number of methoxy groups -OCH3 is 1. The number of aromatic nitrogens is 2. The molecule has 0 spiro atoms. The van der Waals surface area contributed by atoms with Crippen molar-refractivity contribution in [3.05, 3.63) is 125 Å². The van der Waals surface area contributed by atoms with Gasteiger partial charge in [0.25, 0.3) is 0 Å². The van der Waals surface area contributed by atoms with E-state index in [0.29, 0.717) is 17.9 Å². The van der Waals surface area contributed by atoms with Gasteiger partial charge < -0.3 is 14.0 Å². The highest BCUT2D eigenvalue weighted by molar-refractivity contribution is 5.90. The third kappa shape index (κ3) is 3.33. The van der Waals surface area contributed by atoms with Crippen molar-refractivity contribution < 1.29 is 9.47 Å². The van der Waals surface area contributed by atoms with Crippen molar-refractivity contribution in [1.29, 1.82) is 5.41 Å². The second-order valence-corrected chi connectivity index (χ2v) is 8.43. The van der Waals surface area contributed by atoms with Gasteiger partial charge in [0.05, 0.1) is 19.2 Å². The van der Waals surface area contributed by atoms with E-state index in [1.807, 2.05) is 53.1 Å². The van der Waals surface area contributed by atoms with Gasteiger partial charge in [-0.1, -0.05) is 72.8 Å². The van der Waals surface area contributed by atoms with Crippen LogP contribution in [0.15, 0.2) is 97.3 Å². The van der Waals surface area contributed by atoms with Crippen LogP contribution in [0.5, 0.6) is 17.4 Å². The molecule has 5 aromatic rings. The lowest BCUT2D eigenvalue weighted by molar-refractivity contribution is 0.414. The quantitative estimate of drug-likeness (QED) is 0.370. The predicted octanol–water partition coefficient (Wildman–Crippen LogP) is 5.86. The smallest absolute Gasteiger partial charge is 0.228 e. The number of benzene rings is 4. The van der Waals surface area contributed by atoms with E-state index < -0.39 is 0 Å². The summed E-state index contributed by atoms with van der Waals surface area (Å²) >= 11 is 0. The average molecular weight is 446 g/mol. The topological polar surface area (TPSA) is 60.1 Å². The number of rotatable bonds is 4. The fraction of sp³-hybridized carbons (Fsp3) is 0.103. The second-order valence-electron chi connectivity index (χ2n) is 8.43. The lowest BCUT2D eigenvalue weighted by Gasteiger charge is -2.30. The maximum atomic E-state index is 9.20. The number of hydrogen-bond acceptors (Lipinski definition) is 4. The van der Waals surface area contributed by atoms with Crippen LogP contribution in [0.2, 0.25) is 0 Å². The first-order valence-corrected chi connectivity index (χ1v) is 11.2. The molecule has 0 bridgehead atoms. The fourth-order valence-corrected chi connectivity index (χ4v) is 4.79. The van der Waals surface area contributed by atoms with E-state index in [2.05, 4.69) is 47.4 Å². The van der Waals surface area contributed by atoms with Crippen LogP contribution in [0.25, 0.3) is 10.8 Å². The maximum Gasteiger partial charge on any atom is 0.228 e. The molecule has 1 aliphatic heterocycles. The summed E-state index contributed by atoms with van der Waals surface area (Å²) < 4.78 is 13.6. The summed E-state index contributed by atoms with van der Waals surface area (Å²) in [6.45, 7) is 0.567. The van der Waals surface area contributed by atoms with Gasteiger partial charge >= 0.3 is 0 Å². The van der Waals surface area contributed by atoms with Crippen LogP contribution in [-0.2, 0) is 6.54 Å². The molecule has 0 saturated carbocycles. The minimum absolute atomic E-state index is 0.195. The molecule has 1 atom stereocenters. The molecule has 1 aromatic heterocycles. The van der Waals surface area contributed by atoms with Gasteiger partial charge in [-0.3, -0.25) is 5.41 Å². The Labute approximate surface area is 197 Å². The molecule has 0 amide bonds. The lowest BCUT2D eigenvalue weighted by atomic mass is 9.81. The van der Waals surface area contributed by atoms with E-state index in [9.17, 15) is 5.41 Å². The number of nitrogens with zero attached hydrogens (tertiary/aromatic N) is 2. The summed E-state index contributed by atoms with van der Waals surface area (Å²) in [4.78, 5) is 4.66. The first-order chi connectivity index (χ1) is 16.7. The van der Waals surface area contributed by atoms with E-state index in [4.69, 9.17) is 9.47 Å². The Hall–Kier alpha value is -4.38. The van der Waals surface area contributed by atoms with Crippen LogP contribution in [0.3, 0.4) is 0 Å². The second kappa shape index (κ2) is 8.19. The van der Waals surface area contributed by atoms with E-state index in [1.54, 1.807) is 13.4 Å². The molecule has 1 aliphatic rings. The van der Waals surface area contributed by atoms with Gasteiger partial charge in [0.2, 0.25) is 5.88 Å². The van der Waals surface area contributed by atoms with E-state index in [-0.39, 0.29) is 5.92 Å². The molecule has 4 aromatic carbocycles. The van der Waals surface area contributed by atoms with Gasteiger partial charge in [-0.2, -0.15) is 0 Å². The Morgan fingerprint density at radius 3 is 2.44 bits per heavy atom. The highest BCUT2D eigenvalue weighted by atomic mass is 16.5. The molecule has 5 nitrogen and oxygen atoms in total. The minimum atomic E-state index is -0.195. The fourth-order valence-electron chi connectivity index (χ4n) is 4.79. The molecule has 34 heavy (non-hydrogen) atoms. The number of nitrogens with one attached hydrogen (secondary N) is 1. The molecule has 0 saturated heterocycles. The summed E-state index contributed by atoms with van der Waals surface area (Å²) in [7, 11) is 1.67. The van der Waals surface area contributed by atoms with Gasteiger partial charge in [0.15, 0.2) is 0 Å². The van der Waals surface area contributed by atoms with E-state index >= 15 is 0 Å². The molecular formula is C29H23N3O2. The van der Waals surface area contributed by atoms with Gasteiger partial charge in [0, 0.05) is 11.5 Å². The molecule has 1 unspecified atom stereocenters. The Morgan fingerprint density at radius 1 is 0.882 bits per heavy atom. The highest BCUT2D eigenvalue weighted by Crippen LogP contribution is 2.48. The molecule has 0 aliphatic carbocycles. The molecular weight excluding hydrogens is 422 g/mol. The lowest BCUT2D eigenvalue weighted by Crippen LogP contribution is -2.30. The molecule has 6 rings (SSSR count). The Balaban J connectivity index is 1.59. The van der Waals surface area contributed by atoms with Crippen molar-refractivity contribution >= 4 is 10.8 Å². The summed E-state index contributed by atoms with van der Waals surface area (Å²) in [6, 6.07) is 30.6. The first-order valence-electron chi connectivity index (χ1n) is 11.2. The van der Waals surface area contributed by atoms with Crippen LogP contribution in [0.1, 0.15) is 28.2 Å². The minimum Gasteiger partial charge on any atom is -0.497 e. The van der Waals surface area contributed by atoms with E-state index in [1.165, 1.54) is 0 Å². The standard InChI is InChI=1S/C29H23N3O2/c1-33-22-14-11-21(12-15-22)25-26-23-10-6-5-9-20(23)13-16-24(26)34-29-27(25)28(30)32(18-31-29)17-19-7-3-2-4-8-19/h2-16,18,25,30H,17H2,1H3. The number of ether oxygens (including phenoxy) is 2. The Bertz CT molecular complexity index is 1560. The monoisotopic (exact) mass is 445 g/mol. The van der Waals surface area contributed by atoms with Crippen LogP contribution in [0.4, 0.5) is 0 Å². The highest BCUT2D eigenvalue weighted by Gasteiger charge is 2.33. The normalized spacial score (nSPS) is 14.2. The molecule has 0 fully saturated rings. The molecule has 1 N–H and O–H groups in total. The average Bonchev–Trinajstić information content (AvgIpc) is 2.90. The van der Waals surface area contributed by atoms with Crippen molar-refractivity contribution in [1.82, 2.24) is 9.55 Å². The third-order valence-corrected chi connectivity index (χ3v) is 6.45. The summed E-state index contributed by atoms with van der Waals surface area (Å²) in [6.07, 6.45) is 1.70. The molecule has 2 heterocycles. The molecule has 0 radical (unpaired) electrons. The predicted molar refractivity (Wildman–Crippen MR) is 132 cm³/mol. The first kappa shape index (κ1) is 20.2.